The minimum absolute atomic E-state index is 0.0882. The van der Waals surface area contributed by atoms with Gasteiger partial charge in [0.25, 0.3) is 5.91 Å². The lowest BCUT2D eigenvalue weighted by Gasteiger charge is -2.07. The van der Waals surface area contributed by atoms with Crippen LogP contribution in [0, 0.1) is 0 Å². The summed E-state index contributed by atoms with van der Waals surface area (Å²) < 4.78 is 20.1. The molecule has 0 saturated carbocycles. The summed E-state index contributed by atoms with van der Waals surface area (Å²) >= 11 is -2.25. The predicted octanol–water partition coefficient (Wildman–Crippen LogP) is 1.31. The van der Waals surface area contributed by atoms with Crippen LogP contribution in [0.1, 0.15) is 10.4 Å². The number of anilines is 1. The van der Waals surface area contributed by atoms with Crippen LogP contribution in [0.5, 0.6) is 0 Å². The molecule has 0 aromatic carbocycles. The second-order valence-corrected chi connectivity index (χ2v) is 4.19. The average Bonchev–Trinajstić information content (AvgIpc) is 2.40. The van der Waals surface area contributed by atoms with Crippen molar-refractivity contribution in [3.05, 3.63) is 48.4 Å². The fourth-order valence-electron chi connectivity index (χ4n) is 1.32. The standard InChI is InChI=1S/C11H9N3O3S/c15-10(8-3-1-5-12-7-8)14-9-4-2-6-13-11(9)18(16)17/h1-7H,(H,14,15)(H,16,17). The minimum Gasteiger partial charge on any atom is -0.319 e. The van der Waals surface area contributed by atoms with Gasteiger partial charge in [-0.3, -0.25) is 9.78 Å². The molecule has 2 aromatic heterocycles. The van der Waals surface area contributed by atoms with Crippen LogP contribution >= 0.6 is 0 Å². The Morgan fingerprint density at radius 2 is 2.06 bits per heavy atom. The summed E-state index contributed by atoms with van der Waals surface area (Å²) in [5, 5.41) is 2.43. The van der Waals surface area contributed by atoms with Crippen LogP contribution < -0.4 is 5.32 Å². The van der Waals surface area contributed by atoms with E-state index in [-0.39, 0.29) is 10.7 Å². The van der Waals surface area contributed by atoms with Crippen LogP contribution in [0.3, 0.4) is 0 Å². The van der Waals surface area contributed by atoms with Crippen LogP contribution in [0.15, 0.2) is 47.9 Å². The van der Waals surface area contributed by atoms with Gasteiger partial charge in [0.15, 0.2) is 5.03 Å². The number of pyridine rings is 2. The molecule has 2 aromatic rings. The van der Waals surface area contributed by atoms with Gasteiger partial charge in [-0.25, -0.2) is 9.19 Å². The Balaban J connectivity index is 2.25. The third-order valence-corrected chi connectivity index (χ3v) is 2.76. The maximum atomic E-state index is 11.8. The van der Waals surface area contributed by atoms with Gasteiger partial charge in [-0.2, -0.15) is 0 Å². The van der Waals surface area contributed by atoms with Gasteiger partial charge in [-0.15, -0.1) is 0 Å². The highest BCUT2D eigenvalue weighted by molar-refractivity contribution is 7.79. The number of nitrogens with zero attached hydrogens (tertiary/aromatic N) is 2. The van der Waals surface area contributed by atoms with Crippen molar-refractivity contribution in [3.8, 4) is 0 Å². The molecule has 1 amide bonds. The average molecular weight is 263 g/mol. The number of amides is 1. The Kier molecular flexibility index (Phi) is 3.75. The van der Waals surface area contributed by atoms with E-state index in [2.05, 4.69) is 15.3 Å². The van der Waals surface area contributed by atoms with E-state index in [0.29, 0.717) is 5.56 Å². The van der Waals surface area contributed by atoms with E-state index < -0.39 is 17.0 Å². The lowest BCUT2D eigenvalue weighted by Crippen LogP contribution is -2.14. The van der Waals surface area contributed by atoms with Crippen LogP contribution in [0.2, 0.25) is 0 Å². The van der Waals surface area contributed by atoms with E-state index in [1.54, 1.807) is 24.4 Å². The molecule has 0 fully saturated rings. The van der Waals surface area contributed by atoms with Gasteiger partial charge in [-0.1, -0.05) is 0 Å². The first-order valence-corrected chi connectivity index (χ1v) is 6.06. The molecule has 1 unspecified atom stereocenters. The fourth-order valence-corrected chi connectivity index (χ4v) is 1.77. The minimum atomic E-state index is -2.25. The molecular formula is C11H9N3O3S. The summed E-state index contributed by atoms with van der Waals surface area (Å²) in [6, 6.07) is 6.29. The fraction of sp³-hybridized carbons (Fsp3) is 0. The number of carbonyl (C=O) groups is 1. The summed E-state index contributed by atoms with van der Waals surface area (Å²) in [7, 11) is 0. The molecule has 0 aliphatic heterocycles. The molecule has 0 saturated heterocycles. The molecule has 1 atom stereocenters. The number of nitrogens with one attached hydrogen (secondary N) is 1. The topological polar surface area (TPSA) is 92.2 Å². The molecule has 18 heavy (non-hydrogen) atoms. The smallest absolute Gasteiger partial charge is 0.257 e. The van der Waals surface area contributed by atoms with Crippen molar-refractivity contribution in [2.45, 2.75) is 5.03 Å². The highest BCUT2D eigenvalue weighted by atomic mass is 32.2. The maximum Gasteiger partial charge on any atom is 0.257 e. The van der Waals surface area contributed by atoms with Crippen molar-refractivity contribution in [1.82, 2.24) is 9.97 Å². The molecule has 0 aliphatic rings. The molecule has 7 heteroatoms. The Morgan fingerprint density at radius 1 is 1.28 bits per heavy atom. The van der Waals surface area contributed by atoms with Crippen LogP contribution in [0.4, 0.5) is 5.69 Å². The number of hydrogen-bond donors (Lipinski definition) is 2. The first kappa shape index (κ1) is 12.3. The first-order chi connectivity index (χ1) is 8.68. The second-order valence-electron chi connectivity index (χ2n) is 3.30. The second kappa shape index (κ2) is 5.48. The highest BCUT2D eigenvalue weighted by Gasteiger charge is 2.12. The van der Waals surface area contributed by atoms with Gasteiger partial charge in [0.1, 0.15) is 0 Å². The normalized spacial score (nSPS) is 11.8. The molecule has 6 nitrogen and oxygen atoms in total. The van der Waals surface area contributed by atoms with Gasteiger partial charge in [-0.05, 0) is 24.3 Å². The molecule has 2 heterocycles. The molecule has 0 radical (unpaired) electrons. The molecule has 2 N–H and O–H groups in total. The summed E-state index contributed by atoms with van der Waals surface area (Å²) in [5.41, 5.74) is 0.559. The molecule has 2 rings (SSSR count). The molecular weight excluding hydrogens is 254 g/mol. The number of hydrogen-bond acceptors (Lipinski definition) is 4. The van der Waals surface area contributed by atoms with Crippen molar-refractivity contribution in [2.75, 3.05) is 5.32 Å². The van der Waals surface area contributed by atoms with E-state index in [9.17, 15) is 9.00 Å². The van der Waals surface area contributed by atoms with Crippen LogP contribution in [-0.2, 0) is 11.1 Å². The number of carbonyl (C=O) groups excluding carboxylic acids is 1. The summed E-state index contributed by atoms with van der Waals surface area (Å²) in [6.07, 6.45) is 4.33. The Morgan fingerprint density at radius 3 is 2.72 bits per heavy atom. The van der Waals surface area contributed by atoms with E-state index >= 15 is 0 Å². The van der Waals surface area contributed by atoms with Gasteiger partial charge in [0, 0.05) is 18.6 Å². The molecule has 92 valence electrons. The number of aromatic nitrogens is 2. The maximum absolute atomic E-state index is 11.8. The summed E-state index contributed by atoms with van der Waals surface area (Å²) in [5.74, 6) is -0.414. The van der Waals surface area contributed by atoms with Crippen molar-refractivity contribution in [3.63, 3.8) is 0 Å². The third-order valence-electron chi connectivity index (χ3n) is 2.11. The first-order valence-electron chi connectivity index (χ1n) is 4.96. The zero-order valence-electron chi connectivity index (χ0n) is 9.11. The van der Waals surface area contributed by atoms with E-state index in [0.717, 1.165) is 0 Å². The molecule has 0 aliphatic carbocycles. The van der Waals surface area contributed by atoms with Gasteiger partial charge in [0.05, 0.1) is 11.3 Å². The van der Waals surface area contributed by atoms with Crippen molar-refractivity contribution >= 4 is 22.7 Å². The van der Waals surface area contributed by atoms with Gasteiger partial charge < -0.3 is 9.87 Å². The lowest BCUT2D eigenvalue weighted by atomic mass is 10.2. The van der Waals surface area contributed by atoms with Gasteiger partial charge >= 0.3 is 0 Å². The Bertz CT molecular complexity index is 589. The predicted molar refractivity (Wildman–Crippen MR) is 65.5 cm³/mol. The zero-order chi connectivity index (χ0) is 13.0. The van der Waals surface area contributed by atoms with E-state index in [1.807, 2.05) is 0 Å². The van der Waals surface area contributed by atoms with Crippen LogP contribution in [0.25, 0.3) is 0 Å². The lowest BCUT2D eigenvalue weighted by molar-refractivity contribution is 0.102. The third kappa shape index (κ3) is 2.76. The Hall–Kier alpha value is -2.12. The summed E-state index contributed by atoms with van der Waals surface area (Å²) in [4.78, 5) is 19.4. The van der Waals surface area contributed by atoms with Crippen molar-refractivity contribution < 1.29 is 13.6 Å². The highest BCUT2D eigenvalue weighted by Crippen LogP contribution is 2.16. The molecule has 0 bridgehead atoms. The van der Waals surface area contributed by atoms with Crippen molar-refractivity contribution in [2.24, 2.45) is 0 Å². The number of rotatable bonds is 3. The molecule has 0 spiro atoms. The zero-order valence-corrected chi connectivity index (χ0v) is 9.92. The van der Waals surface area contributed by atoms with Gasteiger partial charge in [0.2, 0.25) is 11.1 Å². The van der Waals surface area contributed by atoms with Crippen LogP contribution in [-0.4, -0.2) is 24.6 Å². The Labute approximate surface area is 105 Å². The summed E-state index contributed by atoms with van der Waals surface area (Å²) in [6.45, 7) is 0. The monoisotopic (exact) mass is 263 g/mol. The van der Waals surface area contributed by atoms with E-state index in [4.69, 9.17) is 4.55 Å². The quantitative estimate of drug-likeness (QED) is 0.814. The largest absolute Gasteiger partial charge is 0.319 e. The van der Waals surface area contributed by atoms with Crippen molar-refractivity contribution in [1.29, 1.82) is 0 Å². The SMILES string of the molecule is O=C(Nc1cccnc1S(=O)O)c1cccnc1. The van der Waals surface area contributed by atoms with E-state index in [1.165, 1.54) is 18.5 Å².